The summed E-state index contributed by atoms with van der Waals surface area (Å²) in [6, 6.07) is 0. The molecule has 0 radical (unpaired) electrons. The molecule has 1 aliphatic heterocycles. The van der Waals surface area contributed by atoms with Crippen molar-refractivity contribution in [3.8, 4) is 0 Å². The average Bonchev–Trinajstić information content (AvgIpc) is 2.21. The van der Waals surface area contributed by atoms with Crippen LogP contribution in [0.4, 0.5) is 0 Å². The van der Waals surface area contributed by atoms with Crippen molar-refractivity contribution in [2.45, 2.75) is 39.2 Å². The first-order valence-corrected chi connectivity index (χ1v) is 6.20. The Morgan fingerprint density at radius 3 is 2.81 bits per heavy atom. The minimum Gasteiger partial charge on any atom is -0.393 e. The van der Waals surface area contributed by atoms with Crippen molar-refractivity contribution in [1.82, 2.24) is 4.90 Å². The number of amides is 1. The minimum absolute atomic E-state index is 0.128. The Morgan fingerprint density at radius 2 is 2.25 bits per heavy atom. The lowest BCUT2D eigenvalue weighted by Crippen LogP contribution is -2.46. The first-order chi connectivity index (χ1) is 7.54. The first-order valence-electron chi connectivity index (χ1n) is 6.20. The van der Waals surface area contributed by atoms with Gasteiger partial charge in [-0.1, -0.05) is 13.8 Å². The maximum absolute atomic E-state index is 11.7. The molecule has 1 fully saturated rings. The number of rotatable bonds is 4. The van der Waals surface area contributed by atoms with Crippen LogP contribution in [0.5, 0.6) is 0 Å². The number of aliphatic hydroxyl groups excluding tert-OH is 1. The molecule has 0 aromatic heterocycles. The van der Waals surface area contributed by atoms with E-state index in [0.717, 1.165) is 6.42 Å². The number of nitrogens with zero attached hydrogens (tertiary/aromatic N) is 1. The standard InChI is InChI=1S/C12H24N2O2/c1-9(2)7-10-8-14(6-4-11(10)15)12(16)3-5-13/h9-11,15H,3-8,13H2,1-2H3. The molecule has 0 spiro atoms. The molecular formula is C12H24N2O2. The van der Waals surface area contributed by atoms with Crippen LogP contribution in [0, 0.1) is 11.8 Å². The van der Waals surface area contributed by atoms with Gasteiger partial charge >= 0.3 is 0 Å². The molecule has 94 valence electrons. The van der Waals surface area contributed by atoms with E-state index in [4.69, 9.17) is 5.73 Å². The van der Waals surface area contributed by atoms with Gasteiger partial charge < -0.3 is 15.7 Å². The lowest BCUT2D eigenvalue weighted by Gasteiger charge is -2.37. The fraction of sp³-hybridized carbons (Fsp3) is 0.917. The van der Waals surface area contributed by atoms with Gasteiger partial charge in [-0.2, -0.15) is 0 Å². The zero-order chi connectivity index (χ0) is 12.1. The molecule has 1 heterocycles. The lowest BCUT2D eigenvalue weighted by atomic mass is 9.87. The van der Waals surface area contributed by atoms with Gasteiger partial charge in [0.25, 0.3) is 0 Å². The summed E-state index contributed by atoms with van der Waals surface area (Å²) in [4.78, 5) is 13.6. The Labute approximate surface area is 97.8 Å². The highest BCUT2D eigenvalue weighted by atomic mass is 16.3. The van der Waals surface area contributed by atoms with Gasteiger partial charge in [0, 0.05) is 32.0 Å². The predicted molar refractivity (Wildman–Crippen MR) is 63.8 cm³/mol. The first kappa shape index (κ1) is 13.5. The Hall–Kier alpha value is -0.610. The maximum Gasteiger partial charge on any atom is 0.223 e. The molecule has 16 heavy (non-hydrogen) atoms. The monoisotopic (exact) mass is 228 g/mol. The molecule has 1 saturated heterocycles. The van der Waals surface area contributed by atoms with Gasteiger partial charge in [0.2, 0.25) is 5.91 Å². The molecular weight excluding hydrogens is 204 g/mol. The normalized spacial score (nSPS) is 26.2. The smallest absolute Gasteiger partial charge is 0.223 e. The molecule has 0 aromatic rings. The summed E-state index contributed by atoms with van der Waals surface area (Å²) in [7, 11) is 0. The highest BCUT2D eigenvalue weighted by Crippen LogP contribution is 2.24. The van der Waals surface area contributed by atoms with E-state index in [2.05, 4.69) is 13.8 Å². The molecule has 2 atom stereocenters. The van der Waals surface area contributed by atoms with E-state index < -0.39 is 0 Å². The average molecular weight is 228 g/mol. The van der Waals surface area contributed by atoms with E-state index in [0.29, 0.717) is 38.4 Å². The largest absolute Gasteiger partial charge is 0.393 e. The molecule has 4 nitrogen and oxygen atoms in total. The van der Waals surface area contributed by atoms with Crippen LogP contribution in [0.2, 0.25) is 0 Å². The number of hydrogen-bond acceptors (Lipinski definition) is 3. The van der Waals surface area contributed by atoms with E-state index in [1.165, 1.54) is 0 Å². The minimum atomic E-state index is -0.246. The topological polar surface area (TPSA) is 66.6 Å². The Balaban J connectivity index is 2.49. The summed E-state index contributed by atoms with van der Waals surface area (Å²) in [5.74, 6) is 0.919. The summed E-state index contributed by atoms with van der Waals surface area (Å²) in [6.07, 6.45) is 1.86. The van der Waals surface area contributed by atoms with E-state index in [9.17, 15) is 9.90 Å². The maximum atomic E-state index is 11.7. The second-order valence-corrected chi connectivity index (χ2v) is 5.12. The SMILES string of the molecule is CC(C)CC1CN(C(=O)CCN)CCC1O. The van der Waals surface area contributed by atoms with Crippen LogP contribution in [0.15, 0.2) is 0 Å². The number of nitrogens with two attached hydrogens (primary N) is 1. The predicted octanol–water partition coefficient (Wildman–Crippen LogP) is 0.591. The van der Waals surface area contributed by atoms with E-state index in [-0.39, 0.29) is 17.9 Å². The summed E-state index contributed by atoms with van der Waals surface area (Å²) < 4.78 is 0. The Morgan fingerprint density at radius 1 is 1.56 bits per heavy atom. The Bertz CT molecular complexity index is 231. The molecule has 2 unspecified atom stereocenters. The van der Waals surface area contributed by atoms with Gasteiger partial charge in [-0.15, -0.1) is 0 Å². The van der Waals surface area contributed by atoms with Gasteiger partial charge in [0.05, 0.1) is 6.10 Å². The molecule has 0 aromatic carbocycles. The third kappa shape index (κ3) is 3.76. The van der Waals surface area contributed by atoms with Gasteiger partial charge in [0.1, 0.15) is 0 Å². The summed E-state index contributed by atoms with van der Waals surface area (Å²) in [5, 5.41) is 9.88. The molecule has 3 N–H and O–H groups in total. The summed E-state index contributed by atoms with van der Waals surface area (Å²) in [5.41, 5.74) is 5.38. The van der Waals surface area contributed by atoms with Crippen LogP contribution in [-0.4, -0.2) is 41.7 Å². The number of carbonyl (C=O) groups is 1. The fourth-order valence-electron chi connectivity index (χ4n) is 2.37. The van der Waals surface area contributed by atoms with Gasteiger partial charge in [-0.3, -0.25) is 4.79 Å². The lowest BCUT2D eigenvalue weighted by molar-refractivity contribution is -0.135. The second kappa shape index (κ2) is 6.21. The molecule has 1 aliphatic rings. The molecule has 0 bridgehead atoms. The van der Waals surface area contributed by atoms with Crippen LogP contribution >= 0.6 is 0 Å². The van der Waals surface area contributed by atoms with Crippen LogP contribution in [0.25, 0.3) is 0 Å². The summed E-state index contributed by atoms with van der Waals surface area (Å²) >= 11 is 0. The van der Waals surface area contributed by atoms with Gasteiger partial charge in [-0.05, 0) is 18.8 Å². The van der Waals surface area contributed by atoms with Crippen molar-refractivity contribution < 1.29 is 9.90 Å². The highest BCUT2D eigenvalue weighted by Gasteiger charge is 2.29. The van der Waals surface area contributed by atoms with Crippen LogP contribution in [0.3, 0.4) is 0 Å². The fourth-order valence-corrected chi connectivity index (χ4v) is 2.37. The zero-order valence-electron chi connectivity index (χ0n) is 10.4. The molecule has 1 amide bonds. The number of piperidine rings is 1. The van der Waals surface area contributed by atoms with Gasteiger partial charge in [-0.25, -0.2) is 0 Å². The van der Waals surface area contributed by atoms with Crippen LogP contribution in [0.1, 0.15) is 33.1 Å². The number of aliphatic hydroxyl groups is 1. The van der Waals surface area contributed by atoms with Crippen molar-refractivity contribution in [3.63, 3.8) is 0 Å². The van der Waals surface area contributed by atoms with Crippen molar-refractivity contribution in [3.05, 3.63) is 0 Å². The summed E-state index contributed by atoms with van der Waals surface area (Å²) in [6.45, 7) is 6.07. The third-order valence-corrected chi connectivity index (χ3v) is 3.18. The van der Waals surface area contributed by atoms with E-state index in [1.807, 2.05) is 4.90 Å². The molecule has 0 aliphatic carbocycles. The van der Waals surface area contributed by atoms with Crippen LogP contribution in [-0.2, 0) is 4.79 Å². The molecule has 4 heteroatoms. The van der Waals surface area contributed by atoms with Crippen molar-refractivity contribution in [2.24, 2.45) is 17.6 Å². The molecule has 0 saturated carbocycles. The molecule has 1 rings (SSSR count). The third-order valence-electron chi connectivity index (χ3n) is 3.18. The van der Waals surface area contributed by atoms with Crippen molar-refractivity contribution >= 4 is 5.91 Å². The number of hydrogen-bond donors (Lipinski definition) is 2. The Kier molecular flexibility index (Phi) is 5.22. The van der Waals surface area contributed by atoms with E-state index >= 15 is 0 Å². The quantitative estimate of drug-likeness (QED) is 0.740. The number of carbonyl (C=O) groups excluding carboxylic acids is 1. The van der Waals surface area contributed by atoms with E-state index in [1.54, 1.807) is 0 Å². The van der Waals surface area contributed by atoms with Crippen molar-refractivity contribution in [2.75, 3.05) is 19.6 Å². The zero-order valence-corrected chi connectivity index (χ0v) is 10.4. The number of likely N-dealkylation sites (tertiary alicyclic amines) is 1. The van der Waals surface area contributed by atoms with Gasteiger partial charge in [0.15, 0.2) is 0 Å². The second-order valence-electron chi connectivity index (χ2n) is 5.12. The highest BCUT2D eigenvalue weighted by molar-refractivity contribution is 5.76. The van der Waals surface area contributed by atoms with Crippen molar-refractivity contribution in [1.29, 1.82) is 0 Å². The van der Waals surface area contributed by atoms with Crippen LogP contribution < -0.4 is 5.73 Å².